The molecule has 1 fully saturated rings. The van der Waals surface area contributed by atoms with Crippen molar-refractivity contribution in [3.63, 3.8) is 0 Å². The van der Waals surface area contributed by atoms with E-state index in [1.54, 1.807) is 11.8 Å². The van der Waals surface area contributed by atoms with Gasteiger partial charge in [-0.15, -0.1) is 0 Å². The number of piperazine rings is 1. The van der Waals surface area contributed by atoms with Crippen LogP contribution in [-0.4, -0.2) is 71.6 Å². The summed E-state index contributed by atoms with van der Waals surface area (Å²) in [7, 11) is 0. The van der Waals surface area contributed by atoms with Crippen molar-refractivity contribution in [3.8, 4) is 5.75 Å². The summed E-state index contributed by atoms with van der Waals surface area (Å²) in [5.41, 5.74) is 2.95. The van der Waals surface area contributed by atoms with Crippen LogP contribution in [0.1, 0.15) is 57.4 Å². The number of ether oxygens (including phenoxy) is 1. The number of nitrogens with zero attached hydrogens (tertiary/aromatic N) is 3. The smallest absolute Gasteiger partial charge is 0.258 e. The molecular weight excluding hydrogens is 422 g/mol. The maximum absolute atomic E-state index is 13.3. The van der Waals surface area contributed by atoms with Gasteiger partial charge >= 0.3 is 0 Å². The predicted molar refractivity (Wildman–Crippen MR) is 120 cm³/mol. The molecule has 1 aliphatic carbocycles. The van der Waals surface area contributed by atoms with Crippen LogP contribution in [0.3, 0.4) is 0 Å². The molecule has 2 aliphatic heterocycles. The summed E-state index contributed by atoms with van der Waals surface area (Å²) in [6, 6.07) is 6.15. The van der Waals surface area contributed by atoms with E-state index in [0.717, 1.165) is 56.0 Å². The van der Waals surface area contributed by atoms with E-state index in [4.69, 9.17) is 9.15 Å². The number of hydrogen-bond donors (Lipinski definition) is 0. The lowest BCUT2D eigenvalue weighted by molar-refractivity contribution is -0.130. The number of amides is 2. The molecule has 0 N–H and O–H groups in total. The van der Waals surface area contributed by atoms with Crippen LogP contribution in [0.2, 0.25) is 0 Å². The molecule has 0 radical (unpaired) electrons. The molecule has 8 heteroatoms. The van der Waals surface area contributed by atoms with Crippen LogP contribution < -0.4 is 4.74 Å². The first-order valence-electron chi connectivity index (χ1n) is 11.6. The van der Waals surface area contributed by atoms with Gasteiger partial charge in [0.1, 0.15) is 24.4 Å². The summed E-state index contributed by atoms with van der Waals surface area (Å²) in [6.07, 6.45) is 3.37. The van der Waals surface area contributed by atoms with Crippen LogP contribution in [0.5, 0.6) is 5.75 Å². The number of furan rings is 1. The maximum atomic E-state index is 13.3. The molecular formula is C25H29N3O5. The van der Waals surface area contributed by atoms with E-state index in [0.29, 0.717) is 49.4 Å². The normalized spacial score (nSPS) is 18.9. The Hall–Kier alpha value is -3.13. The van der Waals surface area contributed by atoms with Crippen molar-refractivity contribution in [1.29, 1.82) is 0 Å². The summed E-state index contributed by atoms with van der Waals surface area (Å²) >= 11 is 0. The number of carbonyl (C=O) groups excluding carboxylic acids is 3. The van der Waals surface area contributed by atoms with Gasteiger partial charge in [0.25, 0.3) is 5.91 Å². The molecule has 0 spiro atoms. The highest BCUT2D eigenvalue weighted by Gasteiger charge is 2.31. The van der Waals surface area contributed by atoms with Gasteiger partial charge in [-0.2, -0.15) is 0 Å². The summed E-state index contributed by atoms with van der Waals surface area (Å²) in [4.78, 5) is 43.3. The molecule has 174 valence electrons. The number of aryl methyl sites for hydroxylation is 1. The van der Waals surface area contributed by atoms with Gasteiger partial charge in [0.05, 0.1) is 17.7 Å². The van der Waals surface area contributed by atoms with Crippen molar-refractivity contribution < 1.29 is 23.5 Å². The first kappa shape index (κ1) is 21.7. The molecule has 3 heterocycles. The fraction of sp³-hybridized carbons (Fsp3) is 0.480. The Morgan fingerprint density at radius 2 is 1.85 bits per heavy atom. The van der Waals surface area contributed by atoms with Crippen LogP contribution in [0.25, 0.3) is 0 Å². The average Bonchev–Trinajstić information content (AvgIpc) is 3.14. The van der Waals surface area contributed by atoms with Crippen molar-refractivity contribution >= 4 is 17.6 Å². The van der Waals surface area contributed by atoms with Gasteiger partial charge in [-0.3, -0.25) is 19.3 Å². The van der Waals surface area contributed by atoms with E-state index in [-0.39, 0.29) is 17.6 Å². The molecule has 1 aromatic heterocycles. The van der Waals surface area contributed by atoms with E-state index in [9.17, 15) is 14.4 Å². The minimum atomic E-state index is -0.183. The molecule has 0 bridgehead atoms. The van der Waals surface area contributed by atoms with Gasteiger partial charge in [0.15, 0.2) is 5.78 Å². The van der Waals surface area contributed by atoms with E-state index in [2.05, 4.69) is 17.0 Å². The third kappa shape index (κ3) is 4.39. The average molecular weight is 452 g/mol. The fourth-order valence-electron chi connectivity index (χ4n) is 4.95. The van der Waals surface area contributed by atoms with Gasteiger partial charge in [0.2, 0.25) is 5.91 Å². The molecule has 2 aromatic rings. The zero-order chi connectivity index (χ0) is 22.9. The Morgan fingerprint density at radius 3 is 2.64 bits per heavy atom. The van der Waals surface area contributed by atoms with Crippen LogP contribution in [0.4, 0.5) is 0 Å². The summed E-state index contributed by atoms with van der Waals surface area (Å²) < 4.78 is 11.5. The van der Waals surface area contributed by atoms with Crippen LogP contribution in [0.15, 0.2) is 28.9 Å². The fourth-order valence-corrected chi connectivity index (χ4v) is 4.95. The van der Waals surface area contributed by atoms with Crippen molar-refractivity contribution in [1.82, 2.24) is 14.7 Å². The standard InChI is InChI=1S/C25H29N3O5/c1-17(29)27-9-7-26(8-10-27)14-18-5-6-22-19(13-18)15-28(11-12-32-22)25(31)20-16-33-23-4-2-3-21(30)24(20)23/h5-6,13,16H,2-4,7-12,14-15H2,1H3. The molecule has 3 aliphatic rings. The highest BCUT2D eigenvalue weighted by Crippen LogP contribution is 2.30. The van der Waals surface area contributed by atoms with Crippen molar-refractivity contribution in [2.75, 3.05) is 39.3 Å². The molecule has 0 saturated carbocycles. The Labute approximate surface area is 193 Å². The molecule has 0 atom stereocenters. The number of Topliss-reactive ketones (excluding diaryl/α,β-unsaturated/α-hetero) is 1. The highest BCUT2D eigenvalue weighted by atomic mass is 16.5. The van der Waals surface area contributed by atoms with Crippen molar-refractivity contribution in [2.24, 2.45) is 0 Å². The van der Waals surface area contributed by atoms with Crippen LogP contribution in [0, 0.1) is 0 Å². The summed E-state index contributed by atoms with van der Waals surface area (Å²) in [6.45, 7) is 6.87. The Bertz CT molecular complexity index is 1080. The monoisotopic (exact) mass is 451 g/mol. The first-order chi connectivity index (χ1) is 16.0. The SMILES string of the molecule is CC(=O)N1CCN(Cc2ccc3c(c2)CN(C(=O)c2coc4c2C(=O)CCC4)CCO3)CC1. The van der Waals surface area contributed by atoms with E-state index < -0.39 is 0 Å². The van der Waals surface area contributed by atoms with Crippen molar-refractivity contribution in [3.05, 3.63) is 52.5 Å². The lowest BCUT2D eigenvalue weighted by atomic mass is 9.93. The lowest BCUT2D eigenvalue weighted by Gasteiger charge is -2.34. The minimum Gasteiger partial charge on any atom is -0.491 e. The van der Waals surface area contributed by atoms with Gasteiger partial charge < -0.3 is 19.0 Å². The van der Waals surface area contributed by atoms with Gasteiger partial charge in [-0.05, 0) is 24.1 Å². The zero-order valence-corrected chi connectivity index (χ0v) is 19.0. The molecule has 33 heavy (non-hydrogen) atoms. The number of fused-ring (bicyclic) bond motifs is 2. The Balaban J connectivity index is 1.31. The lowest BCUT2D eigenvalue weighted by Crippen LogP contribution is -2.47. The molecule has 5 rings (SSSR count). The van der Waals surface area contributed by atoms with E-state index in [1.807, 2.05) is 11.0 Å². The number of hydrogen-bond acceptors (Lipinski definition) is 6. The second-order valence-corrected chi connectivity index (χ2v) is 9.02. The Morgan fingerprint density at radius 1 is 1.03 bits per heavy atom. The third-order valence-corrected chi connectivity index (χ3v) is 6.80. The zero-order valence-electron chi connectivity index (χ0n) is 19.0. The van der Waals surface area contributed by atoms with Gasteiger partial charge in [-0.25, -0.2) is 0 Å². The highest BCUT2D eigenvalue weighted by molar-refractivity contribution is 6.09. The number of carbonyl (C=O) groups is 3. The molecule has 1 saturated heterocycles. The van der Waals surface area contributed by atoms with Crippen molar-refractivity contribution in [2.45, 2.75) is 39.3 Å². The summed E-state index contributed by atoms with van der Waals surface area (Å²) in [5.74, 6) is 1.36. The second kappa shape index (κ2) is 9.02. The van der Waals surface area contributed by atoms with Crippen LogP contribution in [-0.2, 0) is 24.3 Å². The minimum absolute atomic E-state index is 0.00743. The van der Waals surface area contributed by atoms with E-state index >= 15 is 0 Å². The summed E-state index contributed by atoms with van der Waals surface area (Å²) in [5, 5.41) is 0. The quantitative estimate of drug-likeness (QED) is 0.713. The Kier molecular flexibility index (Phi) is 5.93. The third-order valence-electron chi connectivity index (χ3n) is 6.80. The maximum Gasteiger partial charge on any atom is 0.258 e. The van der Waals surface area contributed by atoms with Crippen LogP contribution >= 0.6 is 0 Å². The van der Waals surface area contributed by atoms with Gasteiger partial charge in [0, 0.05) is 64.6 Å². The largest absolute Gasteiger partial charge is 0.491 e. The molecule has 8 nitrogen and oxygen atoms in total. The topological polar surface area (TPSA) is 83.3 Å². The molecule has 1 aromatic carbocycles. The molecule has 2 amide bonds. The van der Waals surface area contributed by atoms with E-state index in [1.165, 1.54) is 6.26 Å². The number of benzene rings is 1. The molecule has 0 unspecified atom stereocenters. The second-order valence-electron chi connectivity index (χ2n) is 9.02. The predicted octanol–water partition coefficient (Wildman–Crippen LogP) is 2.50. The number of rotatable bonds is 3. The van der Waals surface area contributed by atoms with Gasteiger partial charge in [-0.1, -0.05) is 6.07 Å². The number of ketones is 1. The first-order valence-corrected chi connectivity index (χ1v) is 11.6.